The summed E-state index contributed by atoms with van der Waals surface area (Å²) in [6.07, 6.45) is 2.29. The maximum absolute atomic E-state index is 12.2. The number of piperidine rings is 1. The van der Waals surface area contributed by atoms with Gasteiger partial charge in [-0.3, -0.25) is 0 Å². The largest absolute Gasteiger partial charge is 0.388 e. The van der Waals surface area contributed by atoms with E-state index in [0.717, 1.165) is 24.8 Å². The highest BCUT2D eigenvalue weighted by atomic mass is 16.5. The number of carbonyl (C=O) groups is 1. The third-order valence-electron chi connectivity index (χ3n) is 4.46. The van der Waals surface area contributed by atoms with E-state index in [4.69, 9.17) is 4.74 Å². The zero-order chi connectivity index (χ0) is 17.4. The molecule has 1 aliphatic heterocycles. The minimum atomic E-state index is -0.440. The molecule has 134 valence electrons. The predicted octanol–water partition coefficient (Wildman–Crippen LogP) is 2.96. The number of ether oxygens (including phenoxy) is 1. The van der Waals surface area contributed by atoms with Crippen molar-refractivity contribution in [3.05, 3.63) is 35.9 Å². The van der Waals surface area contributed by atoms with Crippen LogP contribution in [0.2, 0.25) is 0 Å². The fraction of sp³-hybridized carbons (Fsp3) is 0.632. The molecule has 0 aromatic heterocycles. The Morgan fingerprint density at radius 1 is 1.29 bits per heavy atom. The first-order valence-corrected chi connectivity index (χ1v) is 8.95. The van der Waals surface area contributed by atoms with Gasteiger partial charge < -0.3 is 20.1 Å². The van der Waals surface area contributed by atoms with Crippen LogP contribution in [-0.4, -0.2) is 48.4 Å². The second-order valence-corrected chi connectivity index (χ2v) is 6.69. The lowest BCUT2D eigenvalue weighted by atomic mass is 9.87. The molecule has 5 nitrogen and oxygen atoms in total. The first-order chi connectivity index (χ1) is 11.6. The smallest absolute Gasteiger partial charge is 0.317 e. The second-order valence-electron chi connectivity index (χ2n) is 6.69. The van der Waals surface area contributed by atoms with Gasteiger partial charge >= 0.3 is 6.03 Å². The average Bonchev–Trinajstić information content (AvgIpc) is 2.61. The number of benzene rings is 1. The SMILES string of the molecule is CC(C)OCCCNC(=O)N1CCC(C(O)c2ccccc2)CC1. The third-order valence-corrected chi connectivity index (χ3v) is 4.46. The van der Waals surface area contributed by atoms with Gasteiger partial charge in [0.25, 0.3) is 0 Å². The van der Waals surface area contributed by atoms with E-state index in [-0.39, 0.29) is 18.1 Å². The number of nitrogens with zero attached hydrogens (tertiary/aromatic N) is 1. The minimum absolute atomic E-state index is 0.00722. The van der Waals surface area contributed by atoms with Crippen molar-refractivity contribution in [2.45, 2.75) is 45.3 Å². The van der Waals surface area contributed by atoms with Gasteiger partial charge in [-0.25, -0.2) is 4.79 Å². The van der Waals surface area contributed by atoms with Crippen LogP contribution in [0.3, 0.4) is 0 Å². The topological polar surface area (TPSA) is 61.8 Å². The van der Waals surface area contributed by atoms with E-state index >= 15 is 0 Å². The molecule has 1 aromatic carbocycles. The summed E-state index contributed by atoms with van der Waals surface area (Å²) in [6, 6.07) is 9.77. The Labute approximate surface area is 145 Å². The number of likely N-dealkylation sites (tertiary alicyclic amines) is 1. The van der Waals surface area contributed by atoms with Crippen LogP contribution in [0, 0.1) is 5.92 Å². The number of hydrogen-bond donors (Lipinski definition) is 2. The second kappa shape index (κ2) is 9.64. The Morgan fingerprint density at radius 3 is 2.58 bits per heavy atom. The molecule has 24 heavy (non-hydrogen) atoms. The normalized spacial score (nSPS) is 17.1. The van der Waals surface area contributed by atoms with Gasteiger partial charge in [0.15, 0.2) is 0 Å². The van der Waals surface area contributed by atoms with Crippen LogP contribution < -0.4 is 5.32 Å². The fourth-order valence-electron chi connectivity index (χ4n) is 3.04. The highest BCUT2D eigenvalue weighted by molar-refractivity contribution is 5.74. The number of aliphatic hydroxyl groups excluding tert-OH is 1. The number of hydrogen-bond acceptors (Lipinski definition) is 3. The van der Waals surface area contributed by atoms with Crippen molar-refractivity contribution in [3.8, 4) is 0 Å². The number of urea groups is 1. The van der Waals surface area contributed by atoms with Gasteiger partial charge in [-0.05, 0) is 44.6 Å². The zero-order valence-electron chi connectivity index (χ0n) is 14.8. The number of rotatable bonds is 7. The van der Waals surface area contributed by atoms with E-state index in [1.807, 2.05) is 49.1 Å². The van der Waals surface area contributed by atoms with E-state index in [0.29, 0.717) is 26.2 Å². The molecule has 5 heteroatoms. The summed E-state index contributed by atoms with van der Waals surface area (Å²) in [5, 5.41) is 13.4. The van der Waals surface area contributed by atoms with Gasteiger partial charge in [0, 0.05) is 26.2 Å². The van der Waals surface area contributed by atoms with Crippen LogP contribution in [0.15, 0.2) is 30.3 Å². The Kier molecular flexibility index (Phi) is 7.53. The van der Waals surface area contributed by atoms with Crippen molar-refractivity contribution in [1.82, 2.24) is 10.2 Å². The maximum Gasteiger partial charge on any atom is 0.317 e. The number of carbonyl (C=O) groups excluding carboxylic acids is 1. The molecule has 1 fully saturated rings. The Balaban J connectivity index is 1.67. The summed E-state index contributed by atoms with van der Waals surface area (Å²) in [4.78, 5) is 14.0. The monoisotopic (exact) mass is 334 g/mol. The summed E-state index contributed by atoms with van der Waals surface area (Å²) >= 11 is 0. The van der Waals surface area contributed by atoms with Crippen LogP contribution in [0.5, 0.6) is 0 Å². The van der Waals surface area contributed by atoms with Crippen LogP contribution in [0.1, 0.15) is 44.8 Å². The third kappa shape index (κ3) is 5.80. The molecule has 0 bridgehead atoms. The molecular formula is C19H30N2O3. The molecule has 1 aliphatic rings. The molecular weight excluding hydrogens is 304 g/mol. The zero-order valence-corrected chi connectivity index (χ0v) is 14.8. The van der Waals surface area contributed by atoms with Crippen molar-refractivity contribution < 1.29 is 14.6 Å². The molecule has 2 amide bonds. The number of nitrogens with one attached hydrogen (secondary N) is 1. The number of amides is 2. The van der Waals surface area contributed by atoms with Gasteiger partial charge in [0.1, 0.15) is 0 Å². The molecule has 2 rings (SSSR count). The standard InChI is InChI=1S/C19H30N2O3/c1-15(2)24-14-6-11-20-19(23)21-12-9-17(10-13-21)18(22)16-7-4-3-5-8-16/h3-5,7-8,15,17-18,22H,6,9-14H2,1-2H3,(H,20,23). The van der Waals surface area contributed by atoms with Crippen LogP contribution in [0.4, 0.5) is 4.79 Å². The Bertz CT molecular complexity index is 485. The molecule has 0 aliphatic carbocycles. The molecule has 0 radical (unpaired) electrons. The lowest BCUT2D eigenvalue weighted by molar-refractivity contribution is 0.0655. The van der Waals surface area contributed by atoms with Gasteiger partial charge in [-0.2, -0.15) is 0 Å². The number of aliphatic hydroxyl groups is 1. The summed E-state index contributed by atoms with van der Waals surface area (Å²) in [5.74, 6) is 0.218. The fourth-order valence-corrected chi connectivity index (χ4v) is 3.04. The average molecular weight is 334 g/mol. The van der Waals surface area contributed by atoms with Crippen molar-refractivity contribution >= 4 is 6.03 Å². The van der Waals surface area contributed by atoms with Crippen molar-refractivity contribution in [1.29, 1.82) is 0 Å². The van der Waals surface area contributed by atoms with Crippen molar-refractivity contribution in [3.63, 3.8) is 0 Å². The summed E-state index contributed by atoms with van der Waals surface area (Å²) in [7, 11) is 0. The van der Waals surface area contributed by atoms with Crippen LogP contribution >= 0.6 is 0 Å². The lowest BCUT2D eigenvalue weighted by Crippen LogP contribution is -2.45. The molecule has 1 heterocycles. The minimum Gasteiger partial charge on any atom is -0.388 e. The van der Waals surface area contributed by atoms with Crippen LogP contribution in [0.25, 0.3) is 0 Å². The summed E-state index contributed by atoms with van der Waals surface area (Å²) < 4.78 is 5.46. The van der Waals surface area contributed by atoms with Gasteiger partial charge in [-0.15, -0.1) is 0 Å². The quantitative estimate of drug-likeness (QED) is 0.754. The molecule has 0 spiro atoms. The molecule has 1 unspecified atom stereocenters. The summed E-state index contributed by atoms with van der Waals surface area (Å²) in [6.45, 7) is 6.71. The van der Waals surface area contributed by atoms with E-state index in [9.17, 15) is 9.90 Å². The maximum atomic E-state index is 12.2. The highest BCUT2D eigenvalue weighted by Gasteiger charge is 2.28. The first kappa shape index (κ1) is 18.7. The van der Waals surface area contributed by atoms with Crippen molar-refractivity contribution in [2.75, 3.05) is 26.2 Å². The van der Waals surface area contributed by atoms with Crippen molar-refractivity contribution in [2.24, 2.45) is 5.92 Å². The molecule has 1 aromatic rings. The van der Waals surface area contributed by atoms with Gasteiger partial charge in [-0.1, -0.05) is 30.3 Å². The molecule has 1 atom stereocenters. The highest BCUT2D eigenvalue weighted by Crippen LogP contribution is 2.30. The Morgan fingerprint density at radius 2 is 1.96 bits per heavy atom. The molecule has 0 saturated carbocycles. The van der Waals surface area contributed by atoms with E-state index < -0.39 is 6.10 Å². The van der Waals surface area contributed by atoms with Gasteiger partial charge in [0.2, 0.25) is 0 Å². The predicted molar refractivity (Wildman–Crippen MR) is 94.8 cm³/mol. The Hall–Kier alpha value is -1.59. The van der Waals surface area contributed by atoms with Gasteiger partial charge in [0.05, 0.1) is 12.2 Å². The van der Waals surface area contributed by atoms with Crippen LogP contribution in [-0.2, 0) is 4.74 Å². The molecule has 1 saturated heterocycles. The molecule has 2 N–H and O–H groups in total. The summed E-state index contributed by atoms with van der Waals surface area (Å²) in [5.41, 5.74) is 0.963. The first-order valence-electron chi connectivity index (χ1n) is 8.95. The van der Waals surface area contributed by atoms with E-state index in [1.165, 1.54) is 0 Å². The van der Waals surface area contributed by atoms with E-state index in [1.54, 1.807) is 0 Å². The lowest BCUT2D eigenvalue weighted by Gasteiger charge is -2.34. The van der Waals surface area contributed by atoms with E-state index in [2.05, 4.69) is 5.32 Å².